The van der Waals surface area contributed by atoms with E-state index in [0.29, 0.717) is 0 Å². The third-order valence-electron chi connectivity index (χ3n) is 2.04. The Labute approximate surface area is 83.2 Å². The van der Waals surface area contributed by atoms with Crippen LogP contribution in [0.3, 0.4) is 0 Å². The number of nitriles is 1. The van der Waals surface area contributed by atoms with E-state index in [9.17, 15) is 0 Å². The van der Waals surface area contributed by atoms with Crippen molar-refractivity contribution < 1.29 is 0 Å². The number of rotatable bonds is 4. The molecule has 0 saturated carbocycles. The molecule has 0 bridgehead atoms. The summed E-state index contributed by atoms with van der Waals surface area (Å²) in [5.41, 5.74) is 1.31. The number of hydrogen-bond acceptors (Lipinski definition) is 3. The highest BCUT2D eigenvalue weighted by Gasteiger charge is 2.04. The fourth-order valence-corrected chi connectivity index (χ4v) is 1.94. The van der Waals surface area contributed by atoms with Gasteiger partial charge in [-0.2, -0.15) is 5.26 Å². The zero-order valence-corrected chi connectivity index (χ0v) is 8.82. The summed E-state index contributed by atoms with van der Waals surface area (Å²) in [5, 5.41) is 14.0. The molecule has 1 aromatic heterocycles. The van der Waals surface area contributed by atoms with Gasteiger partial charge in [0.05, 0.1) is 12.1 Å². The average molecular weight is 194 g/mol. The molecule has 1 aromatic rings. The molecule has 0 amide bonds. The van der Waals surface area contributed by atoms with Crippen LogP contribution in [0.1, 0.15) is 23.8 Å². The Morgan fingerprint density at radius 1 is 1.69 bits per heavy atom. The zero-order chi connectivity index (χ0) is 9.68. The molecule has 3 heteroatoms. The summed E-state index contributed by atoms with van der Waals surface area (Å²) < 4.78 is 0. The number of aryl methyl sites for hydroxylation is 1. The van der Waals surface area contributed by atoms with Gasteiger partial charge in [0.25, 0.3) is 0 Å². The topological polar surface area (TPSA) is 35.8 Å². The Morgan fingerprint density at radius 2 is 2.46 bits per heavy atom. The smallest absolute Gasteiger partial charge is 0.0953 e. The standard InChI is InChI=1S/C10H14N2S/c1-3-9(6-11)12-7-10-8(2)4-5-13-10/h4-5,9,12H,3,7H2,1-2H3. The van der Waals surface area contributed by atoms with Gasteiger partial charge < -0.3 is 0 Å². The summed E-state index contributed by atoms with van der Waals surface area (Å²) >= 11 is 1.74. The molecular formula is C10H14N2S. The first kappa shape index (κ1) is 10.2. The van der Waals surface area contributed by atoms with Crippen LogP contribution in [0.5, 0.6) is 0 Å². The average Bonchev–Trinajstić information content (AvgIpc) is 2.54. The van der Waals surface area contributed by atoms with Gasteiger partial charge in [0, 0.05) is 11.4 Å². The second kappa shape index (κ2) is 5.00. The Bertz CT molecular complexity index is 298. The van der Waals surface area contributed by atoms with Crippen molar-refractivity contribution in [1.29, 1.82) is 5.26 Å². The molecule has 13 heavy (non-hydrogen) atoms. The summed E-state index contributed by atoms with van der Waals surface area (Å²) in [6.45, 7) is 4.93. The first-order chi connectivity index (χ1) is 6.27. The molecule has 0 fully saturated rings. The van der Waals surface area contributed by atoms with Crippen LogP contribution >= 0.6 is 11.3 Å². The number of nitrogens with one attached hydrogen (secondary N) is 1. The second-order valence-corrected chi connectivity index (χ2v) is 4.00. The molecule has 1 rings (SSSR count). The maximum Gasteiger partial charge on any atom is 0.0953 e. The lowest BCUT2D eigenvalue weighted by molar-refractivity contribution is 0.590. The van der Waals surface area contributed by atoms with Crippen LogP contribution in [0.4, 0.5) is 0 Å². The van der Waals surface area contributed by atoms with Crippen LogP contribution in [0, 0.1) is 18.3 Å². The fraction of sp³-hybridized carbons (Fsp3) is 0.500. The Hall–Kier alpha value is -0.850. The van der Waals surface area contributed by atoms with Crippen LogP contribution in [-0.2, 0) is 6.54 Å². The van der Waals surface area contributed by atoms with Crippen molar-refractivity contribution in [2.24, 2.45) is 0 Å². The largest absolute Gasteiger partial charge is 0.297 e. The van der Waals surface area contributed by atoms with Crippen LogP contribution < -0.4 is 5.32 Å². The van der Waals surface area contributed by atoms with Crippen molar-refractivity contribution >= 4 is 11.3 Å². The zero-order valence-electron chi connectivity index (χ0n) is 8.00. The molecule has 70 valence electrons. The molecule has 0 radical (unpaired) electrons. The van der Waals surface area contributed by atoms with Crippen LogP contribution in [0.2, 0.25) is 0 Å². The fourth-order valence-electron chi connectivity index (χ4n) is 1.08. The van der Waals surface area contributed by atoms with E-state index in [1.54, 1.807) is 11.3 Å². The van der Waals surface area contributed by atoms with Crippen LogP contribution in [0.15, 0.2) is 11.4 Å². The van der Waals surface area contributed by atoms with Crippen molar-refractivity contribution in [3.63, 3.8) is 0 Å². The lowest BCUT2D eigenvalue weighted by Gasteiger charge is -2.07. The van der Waals surface area contributed by atoms with E-state index in [0.717, 1.165) is 13.0 Å². The van der Waals surface area contributed by atoms with Crippen LogP contribution in [-0.4, -0.2) is 6.04 Å². The SMILES string of the molecule is CCC(C#N)NCc1sccc1C. The molecule has 1 unspecified atom stereocenters. The van der Waals surface area contributed by atoms with Gasteiger partial charge in [0.1, 0.15) is 0 Å². The highest BCUT2D eigenvalue weighted by Crippen LogP contribution is 2.15. The highest BCUT2D eigenvalue weighted by atomic mass is 32.1. The van der Waals surface area contributed by atoms with E-state index >= 15 is 0 Å². The van der Waals surface area contributed by atoms with Gasteiger partial charge in [-0.25, -0.2) is 0 Å². The third kappa shape index (κ3) is 2.83. The van der Waals surface area contributed by atoms with E-state index in [-0.39, 0.29) is 6.04 Å². The van der Waals surface area contributed by atoms with Gasteiger partial charge in [-0.05, 0) is 30.4 Å². The van der Waals surface area contributed by atoms with Gasteiger partial charge in [-0.3, -0.25) is 5.32 Å². The second-order valence-electron chi connectivity index (χ2n) is 3.00. The quantitative estimate of drug-likeness (QED) is 0.799. The normalized spacial score (nSPS) is 12.4. The van der Waals surface area contributed by atoms with E-state index in [1.807, 2.05) is 6.92 Å². The minimum absolute atomic E-state index is 0.0125. The highest BCUT2D eigenvalue weighted by molar-refractivity contribution is 7.10. The van der Waals surface area contributed by atoms with E-state index in [4.69, 9.17) is 5.26 Å². The minimum atomic E-state index is -0.0125. The Kier molecular flexibility index (Phi) is 3.94. The molecule has 1 N–H and O–H groups in total. The lowest BCUT2D eigenvalue weighted by atomic mass is 10.2. The Balaban J connectivity index is 2.44. The van der Waals surface area contributed by atoms with Crippen molar-refractivity contribution in [3.8, 4) is 6.07 Å². The third-order valence-corrected chi connectivity index (χ3v) is 3.06. The molecule has 0 aromatic carbocycles. The summed E-state index contributed by atoms with van der Waals surface area (Å²) in [6, 6.07) is 4.32. The molecular weight excluding hydrogens is 180 g/mol. The van der Waals surface area contributed by atoms with Crippen LogP contribution in [0.25, 0.3) is 0 Å². The molecule has 1 heterocycles. The molecule has 0 aliphatic carbocycles. The van der Waals surface area contributed by atoms with Gasteiger partial charge in [-0.1, -0.05) is 6.92 Å². The van der Waals surface area contributed by atoms with E-state index < -0.39 is 0 Å². The maximum atomic E-state index is 8.71. The van der Waals surface area contributed by atoms with Gasteiger partial charge >= 0.3 is 0 Å². The molecule has 0 aliphatic rings. The first-order valence-corrected chi connectivity index (χ1v) is 5.31. The maximum absolute atomic E-state index is 8.71. The van der Waals surface area contributed by atoms with Crippen molar-refractivity contribution in [1.82, 2.24) is 5.32 Å². The minimum Gasteiger partial charge on any atom is -0.297 e. The summed E-state index contributed by atoms with van der Waals surface area (Å²) in [5.74, 6) is 0. The Morgan fingerprint density at radius 3 is 2.92 bits per heavy atom. The molecule has 0 saturated heterocycles. The summed E-state index contributed by atoms with van der Waals surface area (Å²) in [4.78, 5) is 1.33. The van der Waals surface area contributed by atoms with E-state index in [1.165, 1.54) is 10.4 Å². The molecule has 0 spiro atoms. The monoisotopic (exact) mass is 194 g/mol. The van der Waals surface area contributed by atoms with Crippen molar-refractivity contribution in [2.75, 3.05) is 0 Å². The first-order valence-electron chi connectivity index (χ1n) is 4.44. The molecule has 1 atom stereocenters. The predicted molar refractivity (Wildman–Crippen MR) is 55.6 cm³/mol. The van der Waals surface area contributed by atoms with Crippen molar-refractivity contribution in [3.05, 3.63) is 21.9 Å². The lowest BCUT2D eigenvalue weighted by Crippen LogP contribution is -2.25. The van der Waals surface area contributed by atoms with Gasteiger partial charge in [0.2, 0.25) is 0 Å². The van der Waals surface area contributed by atoms with E-state index in [2.05, 4.69) is 29.8 Å². The predicted octanol–water partition coefficient (Wildman–Crippen LogP) is 2.45. The van der Waals surface area contributed by atoms with Gasteiger partial charge in [-0.15, -0.1) is 11.3 Å². The number of nitrogens with zero attached hydrogens (tertiary/aromatic N) is 1. The summed E-state index contributed by atoms with van der Waals surface area (Å²) in [6.07, 6.45) is 0.862. The number of hydrogen-bond donors (Lipinski definition) is 1. The van der Waals surface area contributed by atoms with Crippen molar-refractivity contribution in [2.45, 2.75) is 32.9 Å². The van der Waals surface area contributed by atoms with Gasteiger partial charge in [0.15, 0.2) is 0 Å². The molecule has 0 aliphatic heterocycles. The summed E-state index contributed by atoms with van der Waals surface area (Å²) in [7, 11) is 0. The number of thiophene rings is 1. The molecule has 2 nitrogen and oxygen atoms in total.